The molecule has 0 saturated carbocycles. The van der Waals surface area contributed by atoms with E-state index < -0.39 is 0 Å². The van der Waals surface area contributed by atoms with Crippen LogP contribution in [-0.2, 0) is 22.6 Å². The molecular formula is C18H29Cl2N3O2. The smallest absolute Gasteiger partial charge is 0.240 e. The summed E-state index contributed by atoms with van der Waals surface area (Å²) in [6, 6.07) is 8.15. The van der Waals surface area contributed by atoms with Gasteiger partial charge in [0.15, 0.2) is 0 Å². The number of likely N-dealkylation sites (tertiary alicyclic amines) is 1. The number of hydrogen-bond acceptors (Lipinski definition) is 4. The molecule has 2 saturated heterocycles. The Morgan fingerprint density at radius 3 is 2.60 bits per heavy atom. The number of hydrogen-bond donors (Lipinski definition) is 2. The molecule has 1 aromatic carbocycles. The highest BCUT2D eigenvalue weighted by molar-refractivity contribution is 5.85. The number of rotatable bonds is 5. The van der Waals surface area contributed by atoms with Gasteiger partial charge < -0.3 is 15.4 Å². The Kier molecular flexibility index (Phi) is 9.75. The first-order valence-corrected chi connectivity index (χ1v) is 8.66. The van der Waals surface area contributed by atoms with Gasteiger partial charge >= 0.3 is 0 Å². The second kappa shape index (κ2) is 11.0. The molecule has 5 nitrogen and oxygen atoms in total. The topological polar surface area (TPSA) is 53.6 Å². The Morgan fingerprint density at radius 2 is 1.92 bits per heavy atom. The Morgan fingerprint density at radius 1 is 1.24 bits per heavy atom. The summed E-state index contributed by atoms with van der Waals surface area (Å²) in [4.78, 5) is 14.9. The van der Waals surface area contributed by atoms with E-state index in [1.165, 1.54) is 37.1 Å². The van der Waals surface area contributed by atoms with Gasteiger partial charge in [-0.1, -0.05) is 24.3 Å². The molecule has 2 aliphatic rings. The van der Waals surface area contributed by atoms with Crippen molar-refractivity contribution in [3.8, 4) is 0 Å². The second-order valence-corrected chi connectivity index (χ2v) is 6.48. The van der Waals surface area contributed by atoms with E-state index >= 15 is 0 Å². The molecule has 7 heteroatoms. The van der Waals surface area contributed by atoms with Crippen LogP contribution in [0.3, 0.4) is 0 Å². The molecule has 142 valence electrons. The van der Waals surface area contributed by atoms with Crippen LogP contribution in [0.4, 0.5) is 0 Å². The summed E-state index contributed by atoms with van der Waals surface area (Å²) >= 11 is 0. The maximum absolute atomic E-state index is 12.4. The van der Waals surface area contributed by atoms with Crippen molar-refractivity contribution in [1.82, 2.24) is 15.5 Å². The van der Waals surface area contributed by atoms with Gasteiger partial charge in [-0.15, -0.1) is 24.8 Å². The van der Waals surface area contributed by atoms with Crippen molar-refractivity contribution in [2.45, 2.75) is 45.0 Å². The molecule has 0 aromatic heterocycles. The molecule has 0 aliphatic carbocycles. The van der Waals surface area contributed by atoms with Crippen LogP contribution in [0.15, 0.2) is 24.3 Å². The zero-order valence-corrected chi connectivity index (χ0v) is 16.3. The number of carbonyl (C=O) groups excluding carboxylic acids is 1. The van der Waals surface area contributed by atoms with Crippen molar-refractivity contribution in [2.24, 2.45) is 0 Å². The van der Waals surface area contributed by atoms with Crippen LogP contribution in [0.25, 0.3) is 0 Å². The third kappa shape index (κ3) is 6.12. The molecule has 3 rings (SSSR count). The minimum Gasteiger partial charge on any atom is -0.375 e. The van der Waals surface area contributed by atoms with Gasteiger partial charge in [-0.2, -0.15) is 0 Å². The number of nitrogens with one attached hydrogen (secondary N) is 2. The quantitative estimate of drug-likeness (QED) is 0.809. The minimum absolute atomic E-state index is 0. The fraction of sp³-hybridized carbons (Fsp3) is 0.611. The van der Waals surface area contributed by atoms with Crippen LogP contribution >= 0.6 is 24.8 Å². The Balaban J connectivity index is 0.00000156. The van der Waals surface area contributed by atoms with Crippen molar-refractivity contribution in [3.05, 3.63) is 35.4 Å². The molecule has 0 spiro atoms. The van der Waals surface area contributed by atoms with Crippen LogP contribution < -0.4 is 10.6 Å². The Hall–Kier alpha value is -0.850. The summed E-state index contributed by atoms with van der Waals surface area (Å²) in [5.41, 5.74) is 2.52. The number of halogens is 2. The first-order valence-electron chi connectivity index (χ1n) is 8.66. The van der Waals surface area contributed by atoms with E-state index in [2.05, 4.69) is 33.7 Å². The van der Waals surface area contributed by atoms with Gasteiger partial charge in [0, 0.05) is 19.6 Å². The van der Waals surface area contributed by atoms with E-state index in [0.29, 0.717) is 13.2 Å². The monoisotopic (exact) mass is 389 g/mol. The zero-order valence-electron chi connectivity index (χ0n) is 14.7. The average molecular weight is 390 g/mol. The van der Waals surface area contributed by atoms with E-state index in [-0.39, 0.29) is 42.9 Å². The van der Waals surface area contributed by atoms with Gasteiger partial charge in [-0.3, -0.25) is 9.69 Å². The Bertz CT molecular complexity index is 539. The molecule has 0 bridgehead atoms. The van der Waals surface area contributed by atoms with Gasteiger partial charge in [-0.25, -0.2) is 0 Å². The van der Waals surface area contributed by atoms with Gasteiger partial charge in [0.2, 0.25) is 5.91 Å². The molecule has 2 heterocycles. The highest BCUT2D eigenvalue weighted by Crippen LogP contribution is 2.16. The SMILES string of the molecule is C[C@H]1OCCN[C@@H]1C(=O)NCc1ccccc1CN1CCCC1.Cl.Cl. The fourth-order valence-corrected chi connectivity index (χ4v) is 3.39. The van der Waals surface area contributed by atoms with Crippen LogP contribution in [0.1, 0.15) is 30.9 Å². The van der Waals surface area contributed by atoms with Gasteiger partial charge in [0.25, 0.3) is 0 Å². The van der Waals surface area contributed by atoms with E-state index in [0.717, 1.165) is 13.1 Å². The summed E-state index contributed by atoms with van der Waals surface area (Å²) in [7, 11) is 0. The van der Waals surface area contributed by atoms with Crippen molar-refractivity contribution in [3.63, 3.8) is 0 Å². The lowest BCUT2D eigenvalue weighted by atomic mass is 10.1. The van der Waals surface area contributed by atoms with Gasteiger partial charge in [0.1, 0.15) is 6.04 Å². The van der Waals surface area contributed by atoms with E-state index in [1.54, 1.807) is 0 Å². The molecule has 1 amide bonds. The number of ether oxygens (including phenoxy) is 1. The van der Waals surface area contributed by atoms with Crippen LogP contribution in [-0.4, -0.2) is 49.2 Å². The van der Waals surface area contributed by atoms with Crippen molar-refractivity contribution >= 4 is 30.7 Å². The number of amides is 1. The number of benzene rings is 1. The summed E-state index contributed by atoms with van der Waals surface area (Å²) in [5, 5.41) is 6.30. The second-order valence-electron chi connectivity index (χ2n) is 6.48. The number of carbonyl (C=O) groups is 1. The first kappa shape index (κ1) is 22.2. The molecule has 2 N–H and O–H groups in total. The van der Waals surface area contributed by atoms with E-state index in [1.807, 2.05) is 13.0 Å². The summed E-state index contributed by atoms with van der Waals surface area (Å²) in [6.45, 7) is 7.26. The van der Waals surface area contributed by atoms with Crippen LogP contribution in [0.2, 0.25) is 0 Å². The lowest BCUT2D eigenvalue weighted by Crippen LogP contribution is -2.55. The van der Waals surface area contributed by atoms with Crippen LogP contribution in [0, 0.1) is 0 Å². The lowest BCUT2D eigenvalue weighted by Gasteiger charge is -2.29. The molecule has 1 aromatic rings. The maximum atomic E-state index is 12.4. The molecule has 2 fully saturated rings. The standard InChI is InChI=1S/C18H27N3O2.2ClH/c1-14-17(19-8-11-23-14)18(22)20-12-15-6-2-3-7-16(15)13-21-9-4-5-10-21;;/h2-3,6-7,14,17,19H,4-5,8-13H2,1H3,(H,20,22);2*1H/t14-,17+;;/m1../s1. The van der Waals surface area contributed by atoms with Crippen LogP contribution in [0.5, 0.6) is 0 Å². The van der Waals surface area contributed by atoms with Crippen molar-refractivity contribution in [1.29, 1.82) is 0 Å². The highest BCUT2D eigenvalue weighted by atomic mass is 35.5. The third-order valence-electron chi connectivity index (χ3n) is 4.76. The number of morpholine rings is 1. The molecule has 2 aliphatic heterocycles. The summed E-state index contributed by atoms with van der Waals surface area (Å²) in [5.74, 6) is 0.0215. The predicted molar refractivity (Wildman–Crippen MR) is 105 cm³/mol. The lowest BCUT2D eigenvalue weighted by molar-refractivity contribution is -0.129. The zero-order chi connectivity index (χ0) is 16.1. The van der Waals surface area contributed by atoms with E-state index in [9.17, 15) is 4.79 Å². The average Bonchev–Trinajstić information content (AvgIpc) is 3.07. The number of nitrogens with zero attached hydrogens (tertiary/aromatic N) is 1. The first-order chi connectivity index (χ1) is 11.2. The van der Waals surface area contributed by atoms with E-state index in [4.69, 9.17) is 4.74 Å². The largest absolute Gasteiger partial charge is 0.375 e. The predicted octanol–water partition coefficient (Wildman–Crippen LogP) is 2.12. The molecule has 0 radical (unpaired) electrons. The van der Waals surface area contributed by atoms with Gasteiger partial charge in [-0.05, 0) is 44.0 Å². The molecular weight excluding hydrogens is 361 g/mol. The minimum atomic E-state index is -0.255. The van der Waals surface area contributed by atoms with Gasteiger partial charge in [0.05, 0.1) is 12.7 Å². The highest BCUT2D eigenvalue weighted by Gasteiger charge is 2.28. The summed E-state index contributed by atoms with van der Waals surface area (Å²) in [6.07, 6.45) is 2.51. The maximum Gasteiger partial charge on any atom is 0.240 e. The fourth-order valence-electron chi connectivity index (χ4n) is 3.39. The van der Waals surface area contributed by atoms with Crippen molar-refractivity contribution in [2.75, 3.05) is 26.2 Å². The molecule has 0 unspecified atom stereocenters. The third-order valence-corrected chi connectivity index (χ3v) is 4.76. The Labute approximate surface area is 162 Å². The summed E-state index contributed by atoms with van der Waals surface area (Å²) < 4.78 is 5.55. The normalized spacial score (nSPS) is 23.4. The molecule has 25 heavy (non-hydrogen) atoms. The molecule has 2 atom stereocenters. The van der Waals surface area contributed by atoms with Crippen molar-refractivity contribution < 1.29 is 9.53 Å².